The maximum Gasteiger partial charge on any atom is 0.0974 e. The summed E-state index contributed by atoms with van der Waals surface area (Å²) in [5, 5.41) is 2.19. The second-order valence-electron chi connectivity index (χ2n) is 3.19. The third-order valence-electron chi connectivity index (χ3n) is 2.04. The van der Waals surface area contributed by atoms with Gasteiger partial charge in [-0.25, -0.2) is 0 Å². The monoisotopic (exact) mass is 180 g/mol. The van der Waals surface area contributed by atoms with Gasteiger partial charge in [-0.15, -0.1) is 5.92 Å². The van der Waals surface area contributed by atoms with Crippen molar-refractivity contribution in [2.75, 3.05) is 0 Å². The fourth-order valence-corrected chi connectivity index (χ4v) is 1.41. The molecule has 0 N–H and O–H groups in total. The quantitative estimate of drug-likeness (QED) is 0.568. The highest BCUT2D eigenvalue weighted by atomic mass is 14.6. The number of fused-ring (bicyclic) bond motifs is 1. The number of hydrogen-bond donors (Lipinski definition) is 0. The minimum atomic E-state index is 0.992. The molecule has 1 heterocycles. The van der Waals surface area contributed by atoms with Gasteiger partial charge >= 0.3 is 0 Å². The van der Waals surface area contributed by atoms with Crippen molar-refractivity contribution in [3.8, 4) is 11.8 Å². The predicted molar refractivity (Wildman–Crippen MR) is 57.9 cm³/mol. The molecule has 2 rings (SSSR count). The molecular weight excluding hydrogens is 170 g/mol. The van der Waals surface area contributed by atoms with Crippen LogP contribution in [0, 0.1) is 25.0 Å². The van der Waals surface area contributed by atoms with Gasteiger partial charge in [0.25, 0.3) is 0 Å². The molecule has 2 aromatic rings. The van der Waals surface area contributed by atoms with Gasteiger partial charge in [0.15, 0.2) is 0 Å². The standard InChI is InChI=1S/C13H10N/c1-3-4-11-5-6-12-7-10(2)14-9-13(12)8-11/h5-8H,1-2H3. The minimum absolute atomic E-state index is 0.992. The van der Waals surface area contributed by atoms with E-state index in [2.05, 4.69) is 35.2 Å². The third-order valence-corrected chi connectivity index (χ3v) is 2.04. The Morgan fingerprint density at radius 1 is 1.29 bits per heavy atom. The molecule has 0 atom stereocenters. The van der Waals surface area contributed by atoms with E-state index >= 15 is 0 Å². The summed E-state index contributed by atoms with van der Waals surface area (Å²) in [4.78, 5) is 4.14. The lowest BCUT2D eigenvalue weighted by Crippen LogP contribution is -1.83. The van der Waals surface area contributed by atoms with Gasteiger partial charge in [0.2, 0.25) is 0 Å². The zero-order valence-corrected chi connectivity index (χ0v) is 8.26. The predicted octanol–water partition coefficient (Wildman–Crippen LogP) is 2.71. The molecule has 1 aromatic carbocycles. The molecule has 0 unspecified atom stereocenters. The van der Waals surface area contributed by atoms with Crippen LogP contribution in [0.1, 0.15) is 18.2 Å². The Labute approximate surface area is 83.8 Å². The Morgan fingerprint density at radius 3 is 2.93 bits per heavy atom. The fourth-order valence-electron chi connectivity index (χ4n) is 1.41. The number of hydrogen-bond acceptors (Lipinski definition) is 1. The Morgan fingerprint density at radius 2 is 2.14 bits per heavy atom. The zero-order valence-electron chi connectivity index (χ0n) is 8.26. The topological polar surface area (TPSA) is 12.9 Å². The molecule has 0 fully saturated rings. The van der Waals surface area contributed by atoms with Crippen molar-refractivity contribution >= 4 is 10.8 Å². The van der Waals surface area contributed by atoms with E-state index in [0.717, 1.165) is 16.6 Å². The van der Waals surface area contributed by atoms with Crippen LogP contribution in [0.25, 0.3) is 10.8 Å². The fraction of sp³-hybridized carbons (Fsp3) is 0.154. The molecule has 0 aliphatic heterocycles. The number of aryl methyl sites for hydroxylation is 1. The van der Waals surface area contributed by atoms with Crippen molar-refractivity contribution in [3.63, 3.8) is 0 Å². The second kappa shape index (κ2) is 3.51. The summed E-state index contributed by atoms with van der Waals surface area (Å²) in [5.74, 6) is 5.89. The van der Waals surface area contributed by atoms with Crippen molar-refractivity contribution in [3.05, 3.63) is 41.7 Å². The van der Waals surface area contributed by atoms with E-state index in [-0.39, 0.29) is 0 Å². The van der Waals surface area contributed by atoms with Gasteiger partial charge in [-0.1, -0.05) is 12.0 Å². The maximum atomic E-state index is 4.14. The van der Waals surface area contributed by atoms with Crippen molar-refractivity contribution in [2.45, 2.75) is 13.8 Å². The number of pyridine rings is 1. The van der Waals surface area contributed by atoms with Crippen LogP contribution in [0.4, 0.5) is 0 Å². The molecule has 1 heteroatoms. The average molecular weight is 180 g/mol. The molecule has 0 aliphatic rings. The minimum Gasteiger partial charge on any atom is -0.251 e. The van der Waals surface area contributed by atoms with Gasteiger partial charge in [-0.05, 0) is 37.4 Å². The smallest absolute Gasteiger partial charge is 0.0974 e. The zero-order chi connectivity index (χ0) is 9.97. The average Bonchev–Trinajstić information content (AvgIpc) is 2.19. The first-order valence-electron chi connectivity index (χ1n) is 4.51. The normalized spacial score (nSPS) is 9.57. The summed E-state index contributed by atoms with van der Waals surface area (Å²) in [5.41, 5.74) is 2.01. The summed E-state index contributed by atoms with van der Waals surface area (Å²) < 4.78 is 0. The molecule has 14 heavy (non-hydrogen) atoms. The van der Waals surface area contributed by atoms with Crippen molar-refractivity contribution < 1.29 is 0 Å². The van der Waals surface area contributed by atoms with E-state index in [0.29, 0.717) is 0 Å². The highest BCUT2D eigenvalue weighted by Crippen LogP contribution is 2.14. The van der Waals surface area contributed by atoms with Crippen LogP contribution in [0.15, 0.2) is 24.3 Å². The number of benzene rings is 1. The highest BCUT2D eigenvalue weighted by molar-refractivity contribution is 5.82. The van der Waals surface area contributed by atoms with Crippen molar-refractivity contribution in [1.29, 1.82) is 0 Å². The lowest BCUT2D eigenvalue weighted by Gasteiger charge is -1.98. The molecule has 1 aromatic heterocycles. The van der Waals surface area contributed by atoms with Crippen LogP contribution in [-0.4, -0.2) is 4.98 Å². The van der Waals surface area contributed by atoms with E-state index in [1.165, 1.54) is 5.39 Å². The summed E-state index contributed by atoms with van der Waals surface area (Å²) in [6.45, 7) is 3.80. The van der Waals surface area contributed by atoms with Gasteiger partial charge in [-0.3, -0.25) is 4.98 Å². The van der Waals surface area contributed by atoms with Gasteiger partial charge < -0.3 is 0 Å². The van der Waals surface area contributed by atoms with Crippen LogP contribution >= 0.6 is 0 Å². The van der Waals surface area contributed by atoms with Gasteiger partial charge in [0.05, 0.1) is 6.20 Å². The van der Waals surface area contributed by atoms with E-state index in [1.54, 1.807) is 0 Å². The number of aromatic nitrogens is 1. The molecule has 0 amide bonds. The first kappa shape index (κ1) is 8.77. The summed E-state index contributed by atoms with van der Waals surface area (Å²) in [6, 6.07) is 8.14. The molecule has 0 saturated carbocycles. The van der Waals surface area contributed by atoms with Gasteiger partial charge in [0.1, 0.15) is 0 Å². The molecular formula is C13H10N. The first-order chi connectivity index (χ1) is 6.79. The Balaban J connectivity index is 2.65. The Hall–Kier alpha value is -1.81. The number of nitrogens with zero attached hydrogens (tertiary/aromatic N) is 1. The number of rotatable bonds is 0. The first-order valence-corrected chi connectivity index (χ1v) is 4.51. The molecule has 0 saturated heterocycles. The lowest BCUT2D eigenvalue weighted by molar-refractivity contribution is 1.21. The molecule has 1 radical (unpaired) electrons. The molecule has 0 spiro atoms. The van der Waals surface area contributed by atoms with E-state index in [9.17, 15) is 0 Å². The van der Waals surface area contributed by atoms with E-state index in [4.69, 9.17) is 0 Å². The van der Waals surface area contributed by atoms with Crippen molar-refractivity contribution in [1.82, 2.24) is 4.98 Å². The molecule has 0 bridgehead atoms. The van der Waals surface area contributed by atoms with Crippen LogP contribution in [0.5, 0.6) is 0 Å². The van der Waals surface area contributed by atoms with E-state index < -0.39 is 0 Å². The second-order valence-corrected chi connectivity index (χ2v) is 3.19. The highest BCUT2D eigenvalue weighted by Gasteiger charge is 1.95. The summed E-state index contributed by atoms with van der Waals surface area (Å²) in [6.07, 6.45) is 3.00. The molecule has 67 valence electrons. The van der Waals surface area contributed by atoms with Crippen LogP contribution in [0.2, 0.25) is 0 Å². The van der Waals surface area contributed by atoms with Gasteiger partial charge in [0, 0.05) is 16.6 Å². The van der Waals surface area contributed by atoms with E-state index in [1.807, 2.05) is 26.0 Å². The molecule has 0 aliphatic carbocycles. The van der Waals surface area contributed by atoms with Crippen LogP contribution in [0.3, 0.4) is 0 Å². The third kappa shape index (κ3) is 1.60. The van der Waals surface area contributed by atoms with Gasteiger partial charge in [-0.2, -0.15) is 0 Å². The van der Waals surface area contributed by atoms with Crippen LogP contribution in [-0.2, 0) is 0 Å². The maximum absolute atomic E-state index is 4.14. The largest absolute Gasteiger partial charge is 0.251 e. The SMILES string of the molecule is CC#Cc1ccc2cc(C)n[c]c2c1. The Kier molecular flexibility index (Phi) is 2.20. The lowest BCUT2D eigenvalue weighted by atomic mass is 10.1. The van der Waals surface area contributed by atoms with Crippen LogP contribution < -0.4 is 0 Å². The summed E-state index contributed by atoms with van der Waals surface area (Å²) in [7, 11) is 0. The Bertz CT molecular complexity index is 530. The van der Waals surface area contributed by atoms with Crippen molar-refractivity contribution in [2.24, 2.45) is 0 Å². The summed E-state index contributed by atoms with van der Waals surface area (Å²) >= 11 is 0. The molecule has 1 nitrogen and oxygen atoms in total.